The largest absolute Gasteiger partial charge is 0.340 e. The fourth-order valence-corrected chi connectivity index (χ4v) is 2.73. The van der Waals surface area contributed by atoms with Crippen molar-refractivity contribution >= 4 is 34.8 Å². The number of hydrogen-bond donors (Lipinski definition) is 2. The summed E-state index contributed by atoms with van der Waals surface area (Å²) in [7, 11) is 1.75. The Labute approximate surface area is 147 Å². The molecule has 0 saturated carbocycles. The highest BCUT2D eigenvalue weighted by molar-refractivity contribution is 6.41. The third-order valence-corrected chi connectivity index (χ3v) is 4.46. The Morgan fingerprint density at radius 2 is 1.88 bits per heavy atom. The molecule has 8 heteroatoms. The maximum Gasteiger partial charge on any atom is 0.295 e. The lowest BCUT2D eigenvalue weighted by Gasteiger charge is -2.07. The van der Waals surface area contributed by atoms with Crippen molar-refractivity contribution in [1.29, 1.82) is 0 Å². The molecular weight excluding hydrogens is 351 g/mol. The Balaban J connectivity index is 2.01. The van der Waals surface area contributed by atoms with Crippen molar-refractivity contribution in [3.63, 3.8) is 0 Å². The number of amides is 1. The molecule has 3 aromatic rings. The van der Waals surface area contributed by atoms with E-state index >= 15 is 0 Å². The maximum absolute atomic E-state index is 12.7. The van der Waals surface area contributed by atoms with Crippen LogP contribution in [0.15, 0.2) is 41.2 Å². The number of H-pyrrole nitrogens is 1. The number of carbonyl (C=O) groups is 1. The van der Waals surface area contributed by atoms with Gasteiger partial charge in [0.2, 0.25) is 0 Å². The van der Waals surface area contributed by atoms with Crippen molar-refractivity contribution in [2.24, 2.45) is 7.05 Å². The van der Waals surface area contributed by atoms with E-state index in [2.05, 4.69) is 10.3 Å². The Morgan fingerprint density at radius 1 is 1.21 bits per heavy atom. The summed E-state index contributed by atoms with van der Waals surface area (Å²) >= 11 is 11.6. The number of benzene rings is 1. The first-order chi connectivity index (χ1) is 11.4. The zero-order valence-electron chi connectivity index (χ0n) is 12.9. The lowest BCUT2D eigenvalue weighted by molar-refractivity contribution is 0.102. The predicted molar refractivity (Wildman–Crippen MR) is 94.5 cm³/mol. The van der Waals surface area contributed by atoms with Crippen LogP contribution >= 0.6 is 23.2 Å². The summed E-state index contributed by atoms with van der Waals surface area (Å²) in [6.45, 7) is 1.76. The van der Waals surface area contributed by atoms with Gasteiger partial charge in [-0.1, -0.05) is 41.4 Å². The van der Waals surface area contributed by atoms with Crippen LogP contribution in [0.3, 0.4) is 0 Å². The summed E-state index contributed by atoms with van der Waals surface area (Å²) < 4.78 is 3.17. The Hall–Kier alpha value is -2.44. The number of nitrogens with zero attached hydrogens (tertiary/aromatic N) is 2. The van der Waals surface area contributed by atoms with Gasteiger partial charge in [0.1, 0.15) is 16.5 Å². The van der Waals surface area contributed by atoms with Gasteiger partial charge in [0.15, 0.2) is 0 Å². The van der Waals surface area contributed by atoms with Gasteiger partial charge < -0.3 is 10.3 Å². The number of aromatic amines is 1. The standard InChI is InChI=1S/C16H14Cl2N4O2/c1-9-13(20-15(23)12-8-11(17)14(18)19-12)16(24)22(21(9)2)10-6-4-3-5-7-10/h3-8,19H,1-2H3,(H,20,23). The molecule has 0 aliphatic heterocycles. The molecule has 0 unspecified atom stereocenters. The first-order valence-electron chi connectivity index (χ1n) is 7.09. The molecule has 1 aromatic carbocycles. The average Bonchev–Trinajstić information content (AvgIpc) is 3.01. The van der Waals surface area contributed by atoms with E-state index in [1.54, 1.807) is 18.7 Å². The molecule has 24 heavy (non-hydrogen) atoms. The van der Waals surface area contributed by atoms with Crippen LogP contribution in [0.4, 0.5) is 5.69 Å². The minimum absolute atomic E-state index is 0.174. The van der Waals surface area contributed by atoms with Gasteiger partial charge in [-0.3, -0.25) is 14.3 Å². The summed E-state index contributed by atoms with van der Waals surface area (Å²) in [6, 6.07) is 10.6. The summed E-state index contributed by atoms with van der Waals surface area (Å²) in [5.41, 5.74) is 1.39. The second kappa shape index (κ2) is 6.22. The van der Waals surface area contributed by atoms with Crippen LogP contribution in [0.25, 0.3) is 5.69 Å². The zero-order valence-corrected chi connectivity index (χ0v) is 14.4. The van der Waals surface area contributed by atoms with Crippen LogP contribution in [-0.2, 0) is 7.05 Å². The van der Waals surface area contributed by atoms with E-state index in [-0.39, 0.29) is 27.1 Å². The van der Waals surface area contributed by atoms with Crippen LogP contribution in [0.2, 0.25) is 10.2 Å². The van der Waals surface area contributed by atoms with Gasteiger partial charge in [0.25, 0.3) is 11.5 Å². The van der Waals surface area contributed by atoms with E-state index in [0.717, 1.165) is 0 Å². The number of carbonyl (C=O) groups excluding carboxylic acids is 1. The quantitative estimate of drug-likeness (QED) is 0.747. The molecule has 2 heterocycles. The van der Waals surface area contributed by atoms with Crippen molar-refractivity contribution in [2.45, 2.75) is 6.92 Å². The molecule has 1 amide bonds. The van der Waals surface area contributed by atoms with Crippen molar-refractivity contribution in [2.75, 3.05) is 5.32 Å². The number of hydrogen-bond acceptors (Lipinski definition) is 2. The Kier molecular flexibility index (Phi) is 4.26. The van der Waals surface area contributed by atoms with Gasteiger partial charge in [-0.25, -0.2) is 4.68 Å². The monoisotopic (exact) mass is 364 g/mol. The average molecular weight is 365 g/mol. The molecule has 0 radical (unpaired) electrons. The van der Waals surface area contributed by atoms with Gasteiger partial charge >= 0.3 is 0 Å². The third kappa shape index (κ3) is 2.74. The SMILES string of the molecule is Cc1c(NC(=O)c2cc(Cl)c(Cl)[nH]2)c(=O)n(-c2ccccc2)n1C. The van der Waals surface area contributed by atoms with Gasteiger partial charge in [0.05, 0.1) is 16.4 Å². The van der Waals surface area contributed by atoms with E-state index < -0.39 is 5.91 Å². The number of halogens is 2. The molecular formula is C16H14Cl2N4O2. The number of nitrogens with one attached hydrogen (secondary N) is 2. The van der Waals surface area contributed by atoms with Crippen molar-refractivity contribution in [1.82, 2.24) is 14.3 Å². The molecule has 2 aromatic heterocycles. The van der Waals surface area contributed by atoms with Crippen LogP contribution < -0.4 is 10.9 Å². The lowest BCUT2D eigenvalue weighted by atomic mass is 10.3. The summed E-state index contributed by atoms with van der Waals surface area (Å²) in [6.07, 6.45) is 0. The van der Waals surface area contributed by atoms with Crippen molar-refractivity contribution in [3.8, 4) is 5.69 Å². The highest BCUT2D eigenvalue weighted by Gasteiger charge is 2.20. The second-order valence-corrected chi connectivity index (χ2v) is 6.02. The fraction of sp³-hybridized carbons (Fsp3) is 0.125. The van der Waals surface area contributed by atoms with Crippen LogP contribution in [-0.4, -0.2) is 20.3 Å². The normalized spacial score (nSPS) is 10.8. The topological polar surface area (TPSA) is 71.8 Å². The maximum atomic E-state index is 12.7. The van der Waals surface area contributed by atoms with Gasteiger partial charge in [-0.2, -0.15) is 0 Å². The summed E-state index contributed by atoms with van der Waals surface area (Å²) in [5.74, 6) is -0.491. The molecule has 0 atom stereocenters. The van der Waals surface area contributed by atoms with Crippen molar-refractivity contribution < 1.29 is 4.79 Å². The minimum atomic E-state index is -0.491. The highest BCUT2D eigenvalue weighted by atomic mass is 35.5. The Bertz CT molecular complexity index is 951. The van der Waals surface area contributed by atoms with E-state index in [9.17, 15) is 9.59 Å². The third-order valence-electron chi connectivity index (χ3n) is 3.76. The highest BCUT2D eigenvalue weighted by Crippen LogP contribution is 2.22. The summed E-state index contributed by atoms with van der Waals surface area (Å²) in [5, 5.41) is 3.04. The number of aromatic nitrogens is 3. The first kappa shape index (κ1) is 16.4. The van der Waals surface area contributed by atoms with E-state index in [0.29, 0.717) is 11.4 Å². The van der Waals surface area contributed by atoms with E-state index in [1.807, 2.05) is 30.3 Å². The van der Waals surface area contributed by atoms with Gasteiger partial charge in [0, 0.05) is 7.05 Å². The molecule has 0 aliphatic carbocycles. The van der Waals surface area contributed by atoms with Gasteiger partial charge in [-0.15, -0.1) is 0 Å². The number of para-hydroxylation sites is 1. The van der Waals surface area contributed by atoms with Crippen LogP contribution in [0.1, 0.15) is 16.2 Å². The zero-order chi connectivity index (χ0) is 17.4. The fourth-order valence-electron chi connectivity index (χ4n) is 2.42. The van der Waals surface area contributed by atoms with Crippen LogP contribution in [0, 0.1) is 6.92 Å². The molecule has 0 bridgehead atoms. The summed E-state index contributed by atoms with van der Waals surface area (Å²) in [4.78, 5) is 27.7. The second-order valence-electron chi connectivity index (χ2n) is 5.24. The molecule has 0 aliphatic rings. The van der Waals surface area contributed by atoms with Crippen LogP contribution in [0.5, 0.6) is 0 Å². The molecule has 0 spiro atoms. The van der Waals surface area contributed by atoms with Gasteiger partial charge in [-0.05, 0) is 25.1 Å². The number of rotatable bonds is 3. The van der Waals surface area contributed by atoms with E-state index in [1.165, 1.54) is 10.7 Å². The minimum Gasteiger partial charge on any atom is -0.340 e. The lowest BCUT2D eigenvalue weighted by Crippen LogP contribution is -2.23. The molecule has 0 fully saturated rings. The Morgan fingerprint density at radius 3 is 2.46 bits per heavy atom. The molecule has 3 rings (SSSR count). The smallest absolute Gasteiger partial charge is 0.295 e. The molecule has 2 N–H and O–H groups in total. The number of anilines is 1. The van der Waals surface area contributed by atoms with Crippen molar-refractivity contribution in [3.05, 3.63) is 68.3 Å². The predicted octanol–water partition coefficient (Wildman–Crippen LogP) is 3.37. The van der Waals surface area contributed by atoms with E-state index in [4.69, 9.17) is 23.2 Å². The molecule has 124 valence electrons. The molecule has 6 nitrogen and oxygen atoms in total. The molecule has 0 saturated heterocycles. The first-order valence-corrected chi connectivity index (χ1v) is 7.85.